The molecule has 6 aliphatic rings. The fraction of sp³-hybridized carbons (Fsp3) is 0.597. The summed E-state index contributed by atoms with van der Waals surface area (Å²) in [4.78, 5) is 212. The van der Waals surface area contributed by atoms with Crippen LogP contribution >= 0.6 is 0 Å². The Hall–Kier alpha value is -9.05. The maximum atomic E-state index is 15.2. The number of Topliss-reactive ketones (excluding diaryl/α,β-unsaturated/α-hetero) is 1. The van der Waals surface area contributed by atoms with Crippen molar-refractivity contribution >= 4 is 93.6 Å². The number of nitrogens with zero attached hydrogens (tertiary/aromatic N) is 7. The van der Waals surface area contributed by atoms with Gasteiger partial charge in [-0.2, -0.15) is 0 Å². The van der Waals surface area contributed by atoms with Crippen LogP contribution in [0.15, 0.2) is 21.3 Å². The van der Waals surface area contributed by atoms with E-state index in [2.05, 4.69) is 21.3 Å². The smallest absolute Gasteiger partial charge is 0.329 e. The number of aromatic nitrogens is 1. The number of rotatable bonds is 8. The van der Waals surface area contributed by atoms with Crippen molar-refractivity contribution < 1.29 is 76.2 Å². The van der Waals surface area contributed by atoms with Crippen LogP contribution in [-0.4, -0.2) is 226 Å². The average Bonchev–Trinajstić information content (AvgIpc) is 1.68. The largest absolute Gasteiger partial charge is 0.458 e. The summed E-state index contributed by atoms with van der Waals surface area (Å²) in [7, 11) is 5.41. The molecule has 0 spiro atoms. The Bertz CT molecular complexity index is 3510. The van der Waals surface area contributed by atoms with E-state index in [4.69, 9.17) is 24.6 Å². The third kappa shape index (κ3) is 14.0. The standard InChI is InChI=1S/C62H84N12O17/c1-26(2)42-59(85)73-21-17-18-36(73)57(83)69(13)24-38(76)71(15)48(28(5)6)61(87)89-32(11)44(55(81)65-42)67-53(79)35-20-19-30(9)51-46(35)64-47-40(41(63)50(78)31(10)52(47)91-51)54(80)68-45-33(12)90-62(88)49(29(7)8)72(16)39(77)25-70(14)58(84)37-22-34(75)23-74(37)60(86)43(27(3)4)66-56(45)82/h19-20,26-29,32-33,36-37,42-45,48-49H,17-18,21-25,63H2,1-16H3,(H,65,81)(H,66,82)(H,67,79)(H,68,80)/t32-,33-,36+,37+,42?,43?,44+,45+,48+,49+/m1/s1. The molecule has 0 bridgehead atoms. The number of nitrogens with one attached hydrogen (secondary N) is 4. The highest BCUT2D eigenvalue weighted by molar-refractivity contribution is 6.11. The van der Waals surface area contributed by atoms with Gasteiger partial charge in [0.1, 0.15) is 71.8 Å². The number of aryl methyl sites for hydroxylation is 1. The number of ketones is 1. The van der Waals surface area contributed by atoms with E-state index in [9.17, 15) is 57.5 Å². The molecule has 2 unspecified atom stereocenters. The molecule has 1 aromatic rings. The molecule has 4 saturated heterocycles. The molecule has 7 rings (SSSR count). The van der Waals surface area contributed by atoms with Gasteiger partial charge in [0.2, 0.25) is 52.7 Å². The zero-order valence-electron chi connectivity index (χ0n) is 54.3. The minimum Gasteiger partial charge on any atom is -0.458 e. The second-order valence-electron chi connectivity index (χ2n) is 25.6. The summed E-state index contributed by atoms with van der Waals surface area (Å²) in [6, 6.07) is -8.65. The molecule has 1 aromatic carbocycles. The third-order valence-corrected chi connectivity index (χ3v) is 17.4. The highest BCUT2D eigenvalue weighted by atomic mass is 16.6. The topological polar surface area (TPSA) is 377 Å². The van der Waals surface area contributed by atoms with Crippen LogP contribution in [0.25, 0.3) is 22.6 Å². The van der Waals surface area contributed by atoms with Crippen molar-refractivity contribution in [3.8, 4) is 11.5 Å². The minimum atomic E-state index is -1.96. The summed E-state index contributed by atoms with van der Waals surface area (Å²) in [5.41, 5.74) is 3.31. The molecule has 6 N–H and O–H groups in total. The molecule has 10 atom stereocenters. The third-order valence-electron chi connectivity index (χ3n) is 17.4. The number of cyclic esters (lactones) is 2. The lowest BCUT2D eigenvalue weighted by atomic mass is 9.98. The molecule has 0 aromatic heterocycles. The fourth-order valence-corrected chi connectivity index (χ4v) is 12.1. The number of hydrogen-bond acceptors (Lipinski definition) is 19. The number of ether oxygens (including phenoxy) is 2. The number of benzene rings is 2. The Morgan fingerprint density at radius 2 is 1.10 bits per heavy atom. The number of esters is 2. The Kier molecular flexibility index (Phi) is 21.0. The van der Waals surface area contributed by atoms with Gasteiger partial charge < -0.3 is 70.3 Å². The number of hydrogen-bond donors (Lipinski definition) is 5. The van der Waals surface area contributed by atoms with Crippen molar-refractivity contribution in [2.45, 2.75) is 163 Å². The number of carbonyl (C=O) groups excluding carboxylic acids is 13. The van der Waals surface area contributed by atoms with Gasteiger partial charge in [-0.25, -0.2) is 14.6 Å². The van der Waals surface area contributed by atoms with E-state index in [-0.39, 0.29) is 47.4 Å². The van der Waals surface area contributed by atoms with Crippen molar-refractivity contribution in [3.05, 3.63) is 44.6 Å². The van der Waals surface area contributed by atoms with Crippen molar-refractivity contribution in [2.24, 2.45) is 23.7 Å². The summed E-state index contributed by atoms with van der Waals surface area (Å²) in [6.45, 7) is 17.2. The number of carbonyl (C=O) groups is 13. The Morgan fingerprint density at radius 1 is 0.626 bits per heavy atom. The lowest BCUT2D eigenvalue weighted by molar-refractivity contribution is -0.163. The van der Waals surface area contributed by atoms with Crippen molar-refractivity contribution in [1.82, 2.24) is 55.7 Å². The molecule has 494 valence electrons. The molecule has 4 fully saturated rings. The second-order valence-corrected chi connectivity index (χ2v) is 25.6. The second kappa shape index (κ2) is 27.6. The van der Waals surface area contributed by atoms with Crippen LogP contribution in [0, 0.1) is 37.5 Å². The first-order valence-electron chi connectivity index (χ1n) is 30.4. The van der Waals surface area contributed by atoms with Crippen LogP contribution in [0.4, 0.5) is 5.69 Å². The summed E-state index contributed by atoms with van der Waals surface area (Å²) < 4.78 is 18.2. The molecule has 5 aliphatic heterocycles. The first-order valence-corrected chi connectivity index (χ1v) is 30.4. The van der Waals surface area contributed by atoms with Gasteiger partial charge in [0, 0.05) is 46.7 Å². The predicted molar refractivity (Wildman–Crippen MR) is 326 cm³/mol. The van der Waals surface area contributed by atoms with E-state index in [0.717, 1.165) is 19.6 Å². The van der Waals surface area contributed by atoms with E-state index >= 15 is 9.59 Å². The molecule has 91 heavy (non-hydrogen) atoms. The molecular weight excluding hydrogens is 1180 g/mol. The summed E-state index contributed by atoms with van der Waals surface area (Å²) in [5.74, 6) is -13.8. The van der Waals surface area contributed by atoms with E-state index in [0.29, 0.717) is 12.0 Å². The van der Waals surface area contributed by atoms with Crippen molar-refractivity contribution in [2.75, 3.05) is 60.1 Å². The van der Waals surface area contributed by atoms with E-state index in [1.807, 2.05) is 0 Å². The predicted octanol–water partition coefficient (Wildman–Crippen LogP) is -0.0954. The maximum Gasteiger partial charge on any atom is 0.329 e. The average molecular weight is 1270 g/mol. The minimum absolute atomic E-state index is 0.0979. The zero-order chi connectivity index (χ0) is 67.8. The van der Waals surface area contributed by atoms with Gasteiger partial charge >= 0.3 is 11.9 Å². The first-order chi connectivity index (χ1) is 42.5. The number of amides is 10. The van der Waals surface area contributed by atoms with Crippen molar-refractivity contribution in [1.29, 1.82) is 0 Å². The number of nitrogens with two attached hydrogens (primary N) is 1. The van der Waals surface area contributed by atoms with E-state index in [1.165, 1.54) is 70.9 Å². The van der Waals surface area contributed by atoms with Gasteiger partial charge in [-0.3, -0.25) is 57.5 Å². The lowest BCUT2D eigenvalue weighted by Crippen LogP contribution is -2.61. The van der Waals surface area contributed by atoms with Crippen molar-refractivity contribution in [3.63, 3.8) is 0 Å². The highest BCUT2D eigenvalue weighted by Gasteiger charge is 2.48. The van der Waals surface area contributed by atoms with Gasteiger partial charge in [0.15, 0.2) is 17.1 Å². The zero-order valence-corrected chi connectivity index (χ0v) is 54.3. The SMILES string of the molecule is Cc1c2oc3c(C)ccc(C(=O)N[C@@H]4C(=O)NC(C(C)C)C(=O)N5CCC[C@H]5C(=O)N(C)CC(=O)N(C)[C@@H](C(C)C)C(=O)O[C@@H]4C)c3nc-2c(C(=O)N[C@@H]2C(=O)NC(C(C)C)C(=O)N3CC(=O)C[C@H]3C(=O)N(C)CC(=O)N(C)[C@@H](C(C)C)C(=O)O[C@@H]2C)c(N)c1=O. The highest BCUT2D eigenvalue weighted by Crippen LogP contribution is 2.35. The van der Waals surface area contributed by atoms with E-state index in [1.54, 1.807) is 62.3 Å². The Balaban J connectivity index is 1.33. The molecule has 29 heteroatoms. The number of nitrogen functional groups attached to an aromatic ring is 1. The Morgan fingerprint density at radius 3 is 1.58 bits per heavy atom. The van der Waals surface area contributed by atoms with E-state index < -0.39 is 203 Å². The molecule has 5 heterocycles. The summed E-state index contributed by atoms with van der Waals surface area (Å²) in [6.07, 6.45) is -2.83. The molecule has 0 radical (unpaired) electrons. The first kappa shape index (κ1) is 69.4. The Labute approximate surface area is 526 Å². The quantitative estimate of drug-likeness (QED) is 0.112. The van der Waals surface area contributed by atoms with Crippen LogP contribution in [0.1, 0.15) is 120 Å². The summed E-state index contributed by atoms with van der Waals surface area (Å²) >= 11 is 0. The fourth-order valence-electron chi connectivity index (χ4n) is 12.1. The molecule has 29 nitrogen and oxygen atoms in total. The maximum absolute atomic E-state index is 15.2. The van der Waals surface area contributed by atoms with Crippen LogP contribution in [0.3, 0.4) is 0 Å². The van der Waals surface area contributed by atoms with Crippen LogP contribution < -0.4 is 32.4 Å². The van der Waals surface area contributed by atoms with Gasteiger partial charge in [0.25, 0.3) is 11.8 Å². The molecule has 0 saturated carbocycles. The lowest BCUT2D eigenvalue weighted by Gasteiger charge is -2.36. The van der Waals surface area contributed by atoms with Crippen LogP contribution in [0.5, 0.6) is 0 Å². The van der Waals surface area contributed by atoms with Crippen LogP contribution in [-0.2, 0) is 62.2 Å². The molecular formula is C62H84N12O17. The number of fused-ring (bicyclic) bond motifs is 4. The number of anilines is 1. The van der Waals surface area contributed by atoms with Gasteiger partial charge in [-0.1, -0.05) is 61.5 Å². The monoisotopic (exact) mass is 1270 g/mol. The van der Waals surface area contributed by atoms with Gasteiger partial charge in [-0.15, -0.1) is 0 Å². The number of likely N-dealkylation sites (N-methyl/N-ethyl adjacent to an activating group) is 4. The normalized spacial score (nSPS) is 26.1. The van der Waals surface area contributed by atoms with Gasteiger partial charge in [0.05, 0.1) is 36.4 Å². The van der Waals surface area contributed by atoms with Crippen LogP contribution in [0.2, 0.25) is 0 Å². The molecule has 1 aliphatic carbocycles. The molecule has 10 amide bonds. The van der Waals surface area contributed by atoms with Gasteiger partial charge in [-0.05, 0) is 75.8 Å². The summed E-state index contributed by atoms with van der Waals surface area (Å²) in [5, 5.41) is 10.5.